The summed E-state index contributed by atoms with van der Waals surface area (Å²) in [7, 11) is 0. The van der Waals surface area contributed by atoms with Gasteiger partial charge < -0.3 is 0 Å². The molecule has 1 aromatic carbocycles. The van der Waals surface area contributed by atoms with E-state index >= 15 is 0 Å². The summed E-state index contributed by atoms with van der Waals surface area (Å²) in [5.74, 6) is 0. The number of benzene rings is 1. The second kappa shape index (κ2) is 6.42. The van der Waals surface area contributed by atoms with Crippen molar-refractivity contribution in [3.8, 4) is 0 Å². The fourth-order valence-corrected chi connectivity index (χ4v) is 1.50. The first-order chi connectivity index (χ1) is 6.86. The van der Waals surface area contributed by atoms with Crippen LogP contribution in [0.2, 0.25) is 0 Å². The summed E-state index contributed by atoms with van der Waals surface area (Å²) in [5, 5.41) is 0. The zero-order valence-electron chi connectivity index (χ0n) is 8.84. The predicted molar refractivity (Wildman–Crippen MR) is 64.1 cm³/mol. The normalized spacial score (nSPS) is 10.1. The third kappa shape index (κ3) is 3.78. The van der Waals surface area contributed by atoms with Gasteiger partial charge in [-0.25, -0.2) is 0 Å². The lowest BCUT2D eigenvalue weighted by Crippen LogP contribution is -1.85. The molecule has 0 saturated carbocycles. The molecule has 1 aromatic rings. The van der Waals surface area contributed by atoms with Gasteiger partial charge in [0.05, 0.1) is 0 Å². The average molecular weight is 187 g/mol. The molecule has 0 atom stereocenters. The van der Waals surface area contributed by atoms with Crippen LogP contribution in [0, 0.1) is 6.92 Å². The van der Waals surface area contributed by atoms with Gasteiger partial charge in [0.2, 0.25) is 0 Å². The summed E-state index contributed by atoms with van der Waals surface area (Å²) in [6.07, 6.45) is 7.97. The van der Waals surface area contributed by atoms with Gasteiger partial charge in [0.25, 0.3) is 0 Å². The van der Waals surface area contributed by atoms with Crippen LogP contribution < -0.4 is 0 Å². The van der Waals surface area contributed by atoms with Crippen LogP contribution in [0.25, 0.3) is 6.08 Å². The third-order valence-corrected chi connectivity index (χ3v) is 2.43. The highest BCUT2D eigenvalue weighted by Gasteiger charge is 1.93. The SMILES string of the molecule is [CH2]CCCCCc1ccc(C=C)cc1. The van der Waals surface area contributed by atoms with Crippen LogP contribution >= 0.6 is 0 Å². The Balaban J connectivity index is 2.32. The van der Waals surface area contributed by atoms with E-state index in [0.717, 1.165) is 6.42 Å². The second-order valence-electron chi connectivity index (χ2n) is 3.61. The summed E-state index contributed by atoms with van der Waals surface area (Å²) in [4.78, 5) is 0. The minimum atomic E-state index is 1.06. The van der Waals surface area contributed by atoms with E-state index in [1.54, 1.807) is 0 Å². The monoisotopic (exact) mass is 187 g/mol. The molecule has 0 N–H and O–H groups in total. The van der Waals surface area contributed by atoms with Gasteiger partial charge in [0, 0.05) is 0 Å². The Labute approximate surface area is 87.7 Å². The van der Waals surface area contributed by atoms with Gasteiger partial charge in [-0.15, -0.1) is 0 Å². The third-order valence-electron chi connectivity index (χ3n) is 2.43. The molecule has 0 aliphatic carbocycles. The van der Waals surface area contributed by atoms with Crippen LogP contribution in [-0.4, -0.2) is 0 Å². The van der Waals surface area contributed by atoms with E-state index in [4.69, 9.17) is 0 Å². The number of hydrogen-bond acceptors (Lipinski definition) is 0. The first-order valence-corrected chi connectivity index (χ1v) is 5.37. The molecule has 0 bridgehead atoms. The smallest absolute Gasteiger partial charge is 0.0262 e. The minimum Gasteiger partial charge on any atom is -0.0985 e. The number of aryl methyl sites for hydroxylation is 1. The number of hydrogen-bond donors (Lipinski definition) is 0. The zero-order valence-corrected chi connectivity index (χ0v) is 8.84. The van der Waals surface area contributed by atoms with Gasteiger partial charge in [-0.1, -0.05) is 63.1 Å². The predicted octanol–water partition coefficient (Wildman–Crippen LogP) is 4.27. The van der Waals surface area contributed by atoms with Crippen molar-refractivity contribution >= 4 is 6.08 Å². The molecular weight excluding hydrogens is 168 g/mol. The molecule has 1 radical (unpaired) electrons. The van der Waals surface area contributed by atoms with Crippen molar-refractivity contribution in [1.29, 1.82) is 0 Å². The molecule has 14 heavy (non-hydrogen) atoms. The van der Waals surface area contributed by atoms with Crippen molar-refractivity contribution in [2.75, 3.05) is 0 Å². The fraction of sp³-hybridized carbons (Fsp3) is 0.357. The van der Waals surface area contributed by atoms with E-state index in [-0.39, 0.29) is 0 Å². The molecule has 0 amide bonds. The lowest BCUT2D eigenvalue weighted by Gasteiger charge is -2.01. The van der Waals surface area contributed by atoms with Gasteiger partial charge >= 0.3 is 0 Å². The molecule has 0 heteroatoms. The van der Waals surface area contributed by atoms with E-state index in [0.29, 0.717) is 0 Å². The molecule has 0 saturated heterocycles. The summed E-state index contributed by atoms with van der Waals surface area (Å²) in [6, 6.07) is 8.65. The fourth-order valence-electron chi connectivity index (χ4n) is 1.50. The van der Waals surface area contributed by atoms with Crippen molar-refractivity contribution < 1.29 is 0 Å². The molecule has 0 spiro atoms. The van der Waals surface area contributed by atoms with E-state index < -0.39 is 0 Å². The molecule has 0 aliphatic heterocycles. The highest BCUT2D eigenvalue weighted by molar-refractivity contribution is 5.47. The van der Waals surface area contributed by atoms with Crippen molar-refractivity contribution in [1.82, 2.24) is 0 Å². The van der Waals surface area contributed by atoms with E-state index in [1.165, 1.54) is 36.8 Å². The number of rotatable bonds is 6. The Morgan fingerprint density at radius 1 is 1.00 bits per heavy atom. The molecule has 75 valence electrons. The molecule has 0 nitrogen and oxygen atoms in total. The largest absolute Gasteiger partial charge is 0.0985 e. The van der Waals surface area contributed by atoms with Gasteiger partial charge in [-0.3, -0.25) is 0 Å². The molecular formula is C14H19. The van der Waals surface area contributed by atoms with Crippen LogP contribution in [-0.2, 0) is 6.42 Å². The quantitative estimate of drug-likeness (QED) is 0.583. The highest BCUT2D eigenvalue weighted by atomic mass is 14.0. The van der Waals surface area contributed by atoms with E-state index in [1.807, 2.05) is 6.08 Å². The standard InChI is InChI=1S/C14H19/c1-3-5-6-7-8-14-11-9-13(4-2)10-12-14/h4,9-12H,1-3,5-8H2. The van der Waals surface area contributed by atoms with Crippen LogP contribution in [0.3, 0.4) is 0 Å². The Bertz CT molecular complexity index is 256. The van der Waals surface area contributed by atoms with Gasteiger partial charge in [-0.05, 0) is 24.0 Å². The molecule has 0 unspecified atom stereocenters. The van der Waals surface area contributed by atoms with Crippen LogP contribution in [0.5, 0.6) is 0 Å². The van der Waals surface area contributed by atoms with Crippen molar-refractivity contribution in [2.45, 2.75) is 32.1 Å². The van der Waals surface area contributed by atoms with Gasteiger partial charge in [0.15, 0.2) is 0 Å². The van der Waals surface area contributed by atoms with Crippen LogP contribution in [0.15, 0.2) is 30.8 Å². The molecule has 0 heterocycles. The van der Waals surface area contributed by atoms with Gasteiger partial charge in [-0.2, -0.15) is 0 Å². The maximum atomic E-state index is 3.84. The Kier molecular flexibility index (Phi) is 5.06. The first kappa shape index (κ1) is 11.0. The Morgan fingerprint density at radius 2 is 1.71 bits per heavy atom. The summed E-state index contributed by atoms with van der Waals surface area (Å²) >= 11 is 0. The lowest BCUT2D eigenvalue weighted by molar-refractivity contribution is 0.686. The first-order valence-electron chi connectivity index (χ1n) is 5.37. The Hall–Kier alpha value is -1.04. The summed E-state index contributed by atoms with van der Waals surface area (Å²) in [5.41, 5.74) is 2.63. The maximum absolute atomic E-state index is 3.84. The topological polar surface area (TPSA) is 0 Å². The lowest BCUT2D eigenvalue weighted by atomic mass is 10.0. The van der Waals surface area contributed by atoms with Gasteiger partial charge in [0.1, 0.15) is 0 Å². The molecule has 0 fully saturated rings. The van der Waals surface area contributed by atoms with Crippen molar-refractivity contribution in [2.24, 2.45) is 0 Å². The molecule has 0 aromatic heterocycles. The average Bonchev–Trinajstić information content (AvgIpc) is 2.25. The van der Waals surface area contributed by atoms with E-state index in [9.17, 15) is 0 Å². The van der Waals surface area contributed by atoms with Crippen LogP contribution in [0.4, 0.5) is 0 Å². The van der Waals surface area contributed by atoms with Crippen LogP contribution in [0.1, 0.15) is 36.8 Å². The van der Waals surface area contributed by atoms with Crippen molar-refractivity contribution in [3.05, 3.63) is 48.9 Å². The number of unbranched alkanes of at least 4 members (excludes halogenated alkanes) is 3. The second-order valence-corrected chi connectivity index (χ2v) is 3.61. The maximum Gasteiger partial charge on any atom is -0.0262 e. The van der Waals surface area contributed by atoms with Crippen molar-refractivity contribution in [3.63, 3.8) is 0 Å². The summed E-state index contributed by atoms with van der Waals surface area (Å²) in [6.45, 7) is 7.58. The Morgan fingerprint density at radius 3 is 2.29 bits per heavy atom. The highest BCUT2D eigenvalue weighted by Crippen LogP contribution is 2.10. The molecule has 0 aliphatic rings. The minimum absolute atomic E-state index is 1.06. The van der Waals surface area contributed by atoms with E-state index in [2.05, 4.69) is 37.8 Å². The zero-order chi connectivity index (χ0) is 10.2. The molecule has 1 rings (SSSR count). The summed E-state index contributed by atoms with van der Waals surface area (Å²) < 4.78 is 0.